The van der Waals surface area contributed by atoms with Crippen LogP contribution in [0.3, 0.4) is 0 Å². The molecular formula is C35H35NO6. The zero-order valence-electron chi connectivity index (χ0n) is 23.7. The molecular weight excluding hydrogens is 530 g/mol. The van der Waals surface area contributed by atoms with Crippen LogP contribution in [-0.2, 0) is 28.8 Å². The van der Waals surface area contributed by atoms with Gasteiger partial charge in [0.2, 0.25) is 11.7 Å². The number of ketones is 1. The summed E-state index contributed by atoms with van der Waals surface area (Å²) in [6.45, 7) is 2.13. The zero-order valence-corrected chi connectivity index (χ0v) is 23.7. The average Bonchev–Trinajstić information content (AvgIpc) is 3.60. The highest BCUT2D eigenvalue weighted by molar-refractivity contribution is 6.12. The Morgan fingerprint density at radius 2 is 1.64 bits per heavy atom. The molecule has 2 atom stereocenters. The van der Waals surface area contributed by atoms with Gasteiger partial charge in [-0.05, 0) is 55.4 Å². The molecule has 2 unspecified atom stereocenters. The van der Waals surface area contributed by atoms with Gasteiger partial charge in [-0.1, -0.05) is 90.5 Å². The van der Waals surface area contributed by atoms with Crippen molar-refractivity contribution in [2.75, 3.05) is 13.2 Å². The number of hydrogen-bond donors (Lipinski definition) is 1. The third kappa shape index (κ3) is 6.69. The predicted octanol–water partition coefficient (Wildman–Crippen LogP) is 6.20. The number of rotatable bonds is 12. The molecule has 0 radical (unpaired) electrons. The molecule has 0 aliphatic carbocycles. The third-order valence-electron chi connectivity index (χ3n) is 7.60. The number of aliphatic hydroxyl groups excluding tert-OH is 1. The second-order valence-corrected chi connectivity index (χ2v) is 10.7. The van der Waals surface area contributed by atoms with Crippen LogP contribution in [0.4, 0.5) is 4.79 Å². The summed E-state index contributed by atoms with van der Waals surface area (Å²) in [5.41, 5.74) is 4.52. The molecule has 7 heteroatoms. The van der Waals surface area contributed by atoms with Gasteiger partial charge in [0.05, 0.1) is 6.04 Å². The highest BCUT2D eigenvalue weighted by atomic mass is 16.6. The fourth-order valence-corrected chi connectivity index (χ4v) is 5.44. The Labute approximate surface area is 245 Å². The Bertz CT molecular complexity index is 1530. The van der Waals surface area contributed by atoms with E-state index in [2.05, 4.69) is 0 Å². The molecule has 2 heterocycles. The van der Waals surface area contributed by atoms with Gasteiger partial charge in [0, 0.05) is 18.6 Å². The quantitative estimate of drug-likeness (QED) is 0.125. The standard InChI is InChI=1S/C35H35NO6/c1-24-11-10-16-27(19-24)29-22-32(42-31(29)17-8-9-18-37)33(38)30(21-26-14-6-3-7-15-26)34(39)36-28(23-41-35(36)40)20-25-12-4-2-5-13-25/h2-7,10-16,19,22,28,30,37H,8-9,17-18,20-21,23H2,1H3. The van der Waals surface area contributed by atoms with Crippen LogP contribution < -0.4 is 0 Å². The van der Waals surface area contributed by atoms with Gasteiger partial charge in [-0.2, -0.15) is 0 Å². The number of hydrogen-bond acceptors (Lipinski definition) is 6. The first-order valence-electron chi connectivity index (χ1n) is 14.4. The Hall–Kier alpha value is -4.49. The minimum Gasteiger partial charge on any atom is -0.457 e. The van der Waals surface area contributed by atoms with Crippen LogP contribution in [0.15, 0.2) is 95.4 Å². The molecule has 7 nitrogen and oxygen atoms in total. The molecule has 0 bridgehead atoms. The lowest BCUT2D eigenvalue weighted by atomic mass is 9.91. The molecule has 0 spiro atoms. The number of imide groups is 1. The number of Topliss-reactive ketones (excluding diaryl/α,β-unsaturated/α-hetero) is 1. The number of cyclic esters (lactones) is 1. The number of furan rings is 1. The average molecular weight is 566 g/mol. The number of carbonyl (C=O) groups excluding carboxylic acids is 3. The summed E-state index contributed by atoms with van der Waals surface area (Å²) in [7, 11) is 0. The summed E-state index contributed by atoms with van der Waals surface area (Å²) in [6, 6.07) is 28.0. The molecule has 1 saturated heterocycles. The maximum atomic E-state index is 14.2. The first kappa shape index (κ1) is 29.0. The van der Waals surface area contributed by atoms with E-state index >= 15 is 0 Å². The van der Waals surface area contributed by atoms with E-state index in [-0.39, 0.29) is 25.4 Å². The third-order valence-corrected chi connectivity index (χ3v) is 7.60. The number of amides is 2. The molecule has 4 aromatic rings. The zero-order chi connectivity index (χ0) is 29.5. The molecule has 1 N–H and O–H groups in total. The van der Waals surface area contributed by atoms with Gasteiger partial charge >= 0.3 is 6.09 Å². The maximum Gasteiger partial charge on any atom is 0.417 e. The van der Waals surface area contributed by atoms with Gasteiger partial charge < -0.3 is 14.3 Å². The van der Waals surface area contributed by atoms with Crippen molar-refractivity contribution in [1.29, 1.82) is 0 Å². The molecule has 216 valence electrons. The van der Waals surface area contributed by atoms with Gasteiger partial charge in [-0.15, -0.1) is 0 Å². The van der Waals surface area contributed by atoms with E-state index in [4.69, 9.17) is 9.15 Å². The van der Waals surface area contributed by atoms with Crippen molar-refractivity contribution in [3.05, 3.63) is 119 Å². The van der Waals surface area contributed by atoms with Crippen LogP contribution in [0.2, 0.25) is 0 Å². The number of unbranched alkanes of at least 4 members (excludes halogenated alkanes) is 1. The van der Waals surface area contributed by atoms with Crippen molar-refractivity contribution in [1.82, 2.24) is 4.90 Å². The predicted molar refractivity (Wildman–Crippen MR) is 159 cm³/mol. The molecule has 3 aromatic carbocycles. The smallest absolute Gasteiger partial charge is 0.417 e. The Kier molecular flexibility index (Phi) is 9.29. The molecule has 1 aliphatic rings. The van der Waals surface area contributed by atoms with Gasteiger partial charge in [0.25, 0.3) is 0 Å². The van der Waals surface area contributed by atoms with E-state index in [9.17, 15) is 19.5 Å². The molecule has 1 aromatic heterocycles. The Balaban J connectivity index is 1.49. The topological polar surface area (TPSA) is 97.1 Å². The van der Waals surface area contributed by atoms with Crippen molar-refractivity contribution < 1.29 is 28.6 Å². The number of carbonyl (C=O) groups is 3. The molecule has 5 rings (SSSR count). The van der Waals surface area contributed by atoms with Crippen molar-refractivity contribution in [3.63, 3.8) is 0 Å². The number of nitrogens with zero attached hydrogens (tertiary/aromatic N) is 1. The first-order valence-corrected chi connectivity index (χ1v) is 14.4. The normalized spacial score (nSPS) is 15.4. The SMILES string of the molecule is Cc1cccc(-c2cc(C(=O)C(Cc3ccccc3)C(=O)N3C(=O)OCC3Cc3ccccc3)oc2CCCCO)c1. The monoisotopic (exact) mass is 565 g/mol. The van der Waals surface area contributed by atoms with Crippen LogP contribution in [0.25, 0.3) is 11.1 Å². The fraction of sp³-hybridized carbons (Fsp3) is 0.286. The summed E-state index contributed by atoms with van der Waals surface area (Å²) in [5, 5.41) is 9.31. The van der Waals surface area contributed by atoms with E-state index in [0.29, 0.717) is 31.4 Å². The first-order chi connectivity index (χ1) is 20.4. The van der Waals surface area contributed by atoms with Crippen LogP contribution in [0.1, 0.15) is 45.8 Å². The lowest BCUT2D eigenvalue weighted by Gasteiger charge is -2.24. The molecule has 42 heavy (non-hydrogen) atoms. The summed E-state index contributed by atoms with van der Waals surface area (Å²) in [4.78, 5) is 42.3. The molecule has 0 saturated carbocycles. The Morgan fingerprint density at radius 3 is 2.33 bits per heavy atom. The largest absolute Gasteiger partial charge is 0.457 e. The number of benzene rings is 3. The highest BCUT2D eigenvalue weighted by Gasteiger charge is 2.44. The summed E-state index contributed by atoms with van der Waals surface area (Å²) >= 11 is 0. The second-order valence-electron chi connectivity index (χ2n) is 10.7. The van der Waals surface area contributed by atoms with Gasteiger partial charge in [0.1, 0.15) is 18.3 Å². The van der Waals surface area contributed by atoms with E-state index in [1.807, 2.05) is 91.9 Å². The van der Waals surface area contributed by atoms with Gasteiger partial charge in [0.15, 0.2) is 5.76 Å². The number of aryl methyl sites for hydroxylation is 2. The summed E-state index contributed by atoms with van der Waals surface area (Å²) < 4.78 is 11.5. The molecule has 2 amide bonds. The molecule has 1 fully saturated rings. The maximum absolute atomic E-state index is 14.2. The summed E-state index contributed by atoms with van der Waals surface area (Å²) in [6.07, 6.45) is 1.62. The van der Waals surface area contributed by atoms with E-state index in [1.54, 1.807) is 6.07 Å². The lowest BCUT2D eigenvalue weighted by Crippen LogP contribution is -2.46. The fourth-order valence-electron chi connectivity index (χ4n) is 5.44. The van der Waals surface area contributed by atoms with Crippen molar-refractivity contribution in [2.24, 2.45) is 5.92 Å². The van der Waals surface area contributed by atoms with Crippen molar-refractivity contribution >= 4 is 17.8 Å². The van der Waals surface area contributed by atoms with Gasteiger partial charge in [-0.25, -0.2) is 9.69 Å². The summed E-state index contributed by atoms with van der Waals surface area (Å²) in [5.74, 6) is -1.55. The lowest BCUT2D eigenvalue weighted by molar-refractivity contribution is -0.131. The number of ether oxygens (including phenoxy) is 1. The number of aliphatic hydroxyl groups is 1. The van der Waals surface area contributed by atoms with Crippen molar-refractivity contribution in [3.8, 4) is 11.1 Å². The highest BCUT2D eigenvalue weighted by Crippen LogP contribution is 2.32. The van der Waals surface area contributed by atoms with Crippen LogP contribution in [0, 0.1) is 12.8 Å². The van der Waals surface area contributed by atoms with Crippen molar-refractivity contribution in [2.45, 2.75) is 45.1 Å². The van der Waals surface area contributed by atoms with E-state index in [1.165, 1.54) is 0 Å². The van der Waals surface area contributed by atoms with E-state index < -0.39 is 29.7 Å². The minimum atomic E-state index is -1.18. The van der Waals surface area contributed by atoms with E-state index in [0.717, 1.165) is 32.7 Å². The Morgan fingerprint density at radius 1 is 0.929 bits per heavy atom. The minimum absolute atomic E-state index is 0.0655. The van der Waals surface area contributed by atoms with Crippen LogP contribution in [-0.4, -0.2) is 47.0 Å². The second kappa shape index (κ2) is 13.4. The van der Waals surface area contributed by atoms with Crippen LogP contribution >= 0.6 is 0 Å². The molecule has 1 aliphatic heterocycles. The van der Waals surface area contributed by atoms with Gasteiger partial charge in [-0.3, -0.25) is 9.59 Å². The van der Waals surface area contributed by atoms with Crippen LogP contribution in [0.5, 0.6) is 0 Å².